The van der Waals surface area contributed by atoms with E-state index in [4.69, 9.17) is 4.74 Å². The SMILES string of the molecule is Cc1ccc(NC(=O)[C@H](C)OC(=O)CN2C(=O)Cc3ccccc3C2=O)cc1F. The number of halogens is 1. The second kappa shape index (κ2) is 8.22. The smallest absolute Gasteiger partial charge is 0.326 e. The molecule has 1 aliphatic rings. The molecule has 0 fully saturated rings. The Bertz CT molecular complexity index is 1000. The van der Waals surface area contributed by atoms with E-state index in [9.17, 15) is 23.6 Å². The quantitative estimate of drug-likeness (QED) is 0.616. The van der Waals surface area contributed by atoms with E-state index in [2.05, 4.69) is 5.32 Å². The van der Waals surface area contributed by atoms with Gasteiger partial charge in [0.15, 0.2) is 6.10 Å². The molecular formula is C21H19FN2O5. The van der Waals surface area contributed by atoms with E-state index in [-0.39, 0.29) is 12.1 Å². The second-order valence-corrected chi connectivity index (χ2v) is 6.70. The largest absolute Gasteiger partial charge is 0.451 e. The van der Waals surface area contributed by atoms with Crippen LogP contribution in [0.25, 0.3) is 0 Å². The number of rotatable bonds is 5. The van der Waals surface area contributed by atoms with Crippen molar-refractivity contribution in [3.63, 3.8) is 0 Å². The van der Waals surface area contributed by atoms with Crippen molar-refractivity contribution in [2.75, 3.05) is 11.9 Å². The Morgan fingerprint density at radius 3 is 2.66 bits per heavy atom. The minimum Gasteiger partial charge on any atom is -0.451 e. The van der Waals surface area contributed by atoms with Gasteiger partial charge in [0.1, 0.15) is 12.4 Å². The van der Waals surface area contributed by atoms with Crippen molar-refractivity contribution in [1.82, 2.24) is 4.90 Å². The first kappa shape index (κ1) is 20.2. The summed E-state index contributed by atoms with van der Waals surface area (Å²) in [6.07, 6.45) is -1.20. The van der Waals surface area contributed by atoms with Gasteiger partial charge in [-0.25, -0.2) is 4.39 Å². The summed E-state index contributed by atoms with van der Waals surface area (Å²) in [5.74, 6) is -3.14. The van der Waals surface area contributed by atoms with Crippen molar-refractivity contribution in [3.05, 3.63) is 65.0 Å². The number of benzene rings is 2. The number of anilines is 1. The van der Waals surface area contributed by atoms with Crippen LogP contribution in [0.2, 0.25) is 0 Å². The lowest BCUT2D eigenvalue weighted by Gasteiger charge is -2.26. The average molecular weight is 398 g/mol. The van der Waals surface area contributed by atoms with E-state index in [1.54, 1.807) is 31.2 Å². The van der Waals surface area contributed by atoms with Crippen molar-refractivity contribution in [1.29, 1.82) is 0 Å². The first-order chi connectivity index (χ1) is 13.8. The predicted octanol–water partition coefficient (Wildman–Crippen LogP) is 2.23. The van der Waals surface area contributed by atoms with Gasteiger partial charge < -0.3 is 10.1 Å². The number of carbonyl (C=O) groups is 4. The third-order valence-electron chi connectivity index (χ3n) is 4.54. The topological polar surface area (TPSA) is 92.8 Å². The number of amides is 3. The fourth-order valence-electron chi connectivity index (χ4n) is 2.89. The van der Waals surface area contributed by atoms with Crippen molar-refractivity contribution >= 4 is 29.4 Å². The van der Waals surface area contributed by atoms with Crippen LogP contribution in [-0.4, -0.2) is 41.2 Å². The Labute approximate surface area is 166 Å². The maximum atomic E-state index is 13.6. The minimum atomic E-state index is -1.20. The molecule has 0 radical (unpaired) electrons. The number of hydrogen-bond acceptors (Lipinski definition) is 5. The molecular weight excluding hydrogens is 379 g/mol. The summed E-state index contributed by atoms with van der Waals surface area (Å²) < 4.78 is 18.6. The van der Waals surface area contributed by atoms with Gasteiger partial charge in [0.05, 0.1) is 6.42 Å². The highest BCUT2D eigenvalue weighted by molar-refractivity contribution is 6.11. The molecule has 0 saturated heterocycles. The minimum absolute atomic E-state index is 0.00419. The summed E-state index contributed by atoms with van der Waals surface area (Å²) in [6, 6.07) is 10.8. The molecule has 8 heteroatoms. The van der Waals surface area contributed by atoms with Gasteiger partial charge >= 0.3 is 5.97 Å². The molecule has 0 saturated carbocycles. The predicted molar refractivity (Wildman–Crippen MR) is 102 cm³/mol. The normalized spacial score (nSPS) is 14.2. The molecule has 1 N–H and O–H groups in total. The van der Waals surface area contributed by atoms with Gasteiger partial charge in [-0.05, 0) is 43.2 Å². The molecule has 150 valence electrons. The van der Waals surface area contributed by atoms with E-state index < -0.39 is 42.2 Å². The molecule has 0 spiro atoms. The third-order valence-corrected chi connectivity index (χ3v) is 4.54. The summed E-state index contributed by atoms with van der Waals surface area (Å²) in [5.41, 5.74) is 1.61. The van der Waals surface area contributed by atoms with E-state index >= 15 is 0 Å². The summed E-state index contributed by atoms with van der Waals surface area (Å²) in [5, 5.41) is 2.45. The van der Waals surface area contributed by atoms with Gasteiger partial charge in [-0.15, -0.1) is 0 Å². The van der Waals surface area contributed by atoms with Crippen LogP contribution in [0.3, 0.4) is 0 Å². The second-order valence-electron chi connectivity index (χ2n) is 6.70. The number of aryl methyl sites for hydroxylation is 1. The third kappa shape index (κ3) is 4.48. The summed E-state index contributed by atoms with van der Waals surface area (Å²) >= 11 is 0. The molecule has 3 rings (SSSR count). The van der Waals surface area contributed by atoms with Crippen molar-refractivity contribution in [2.45, 2.75) is 26.4 Å². The van der Waals surface area contributed by atoms with Crippen LogP contribution in [0.5, 0.6) is 0 Å². The fourth-order valence-corrected chi connectivity index (χ4v) is 2.89. The highest BCUT2D eigenvalue weighted by atomic mass is 19.1. The van der Waals surface area contributed by atoms with Crippen LogP contribution < -0.4 is 5.32 Å². The average Bonchev–Trinajstić information content (AvgIpc) is 2.68. The molecule has 1 heterocycles. The van der Waals surface area contributed by atoms with Crippen molar-refractivity contribution < 1.29 is 28.3 Å². The highest BCUT2D eigenvalue weighted by Gasteiger charge is 2.33. The van der Waals surface area contributed by atoms with Crippen LogP contribution in [0.4, 0.5) is 10.1 Å². The van der Waals surface area contributed by atoms with Crippen LogP contribution in [0.15, 0.2) is 42.5 Å². The Hall–Kier alpha value is -3.55. The molecule has 0 aliphatic carbocycles. The monoisotopic (exact) mass is 398 g/mol. The zero-order chi connectivity index (χ0) is 21.1. The summed E-state index contributed by atoms with van der Waals surface area (Å²) in [4.78, 5) is 49.8. The molecule has 1 aliphatic heterocycles. The fraction of sp³-hybridized carbons (Fsp3) is 0.238. The van der Waals surface area contributed by atoms with Crippen LogP contribution in [0, 0.1) is 12.7 Å². The number of nitrogens with one attached hydrogen (secondary N) is 1. The van der Waals surface area contributed by atoms with Gasteiger partial charge in [-0.1, -0.05) is 24.3 Å². The molecule has 0 bridgehead atoms. The van der Waals surface area contributed by atoms with Crippen LogP contribution >= 0.6 is 0 Å². The molecule has 3 amide bonds. The maximum Gasteiger partial charge on any atom is 0.326 e. The Morgan fingerprint density at radius 1 is 1.21 bits per heavy atom. The Morgan fingerprint density at radius 2 is 1.93 bits per heavy atom. The van der Waals surface area contributed by atoms with E-state index in [1.165, 1.54) is 19.1 Å². The number of nitrogens with zero attached hydrogens (tertiary/aromatic N) is 1. The molecule has 0 aromatic heterocycles. The zero-order valence-corrected chi connectivity index (χ0v) is 15.9. The first-order valence-electron chi connectivity index (χ1n) is 8.95. The van der Waals surface area contributed by atoms with Crippen LogP contribution in [-0.2, 0) is 25.5 Å². The Kier molecular flexibility index (Phi) is 5.72. The lowest BCUT2D eigenvalue weighted by atomic mass is 9.98. The molecule has 29 heavy (non-hydrogen) atoms. The number of carbonyl (C=O) groups excluding carboxylic acids is 4. The number of imide groups is 1. The van der Waals surface area contributed by atoms with Crippen molar-refractivity contribution in [2.24, 2.45) is 0 Å². The summed E-state index contributed by atoms with van der Waals surface area (Å²) in [6.45, 7) is 2.34. The lowest BCUT2D eigenvalue weighted by molar-refractivity contribution is -0.155. The van der Waals surface area contributed by atoms with E-state index in [0.29, 0.717) is 16.7 Å². The van der Waals surface area contributed by atoms with Gasteiger partial charge in [-0.2, -0.15) is 0 Å². The van der Waals surface area contributed by atoms with Gasteiger partial charge in [-0.3, -0.25) is 24.1 Å². The zero-order valence-electron chi connectivity index (χ0n) is 15.9. The van der Waals surface area contributed by atoms with Gasteiger partial charge in [0.2, 0.25) is 5.91 Å². The molecule has 1 atom stereocenters. The summed E-state index contributed by atoms with van der Waals surface area (Å²) in [7, 11) is 0. The highest BCUT2D eigenvalue weighted by Crippen LogP contribution is 2.19. The van der Waals surface area contributed by atoms with E-state index in [0.717, 1.165) is 11.0 Å². The lowest BCUT2D eigenvalue weighted by Crippen LogP contribution is -2.46. The molecule has 7 nitrogen and oxygen atoms in total. The van der Waals surface area contributed by atoms with Crippen LogP contribution in [0.1, 0.15) is 28.4 Å². The molecule has 0 unspecified atom stereocenters. The number of hydrogen-bond donors (Lipinski definition) is 1. The van der Waals surface area contributed by atoms with Gasteiger partial charge in [0.25, 0.3) is 11.8 Å². The van der Waals surface area contributed by atoms with Gasteiger partial charge in [0, 0.05) is 11.3 Å². The maximum absolute atomic E-state index is 13.6. The molecule has 2 aromatic carbocycles. The number of ether oxygens (including phenoxy) is 1. The van der Waals surface area contributed by atoms with Crippen molar-refractivity contribution in [3.8, 4) is 0 Å². The number of fused-ring (bicyclic) bond motifs is 1. The Balaban J connectivity index is 1.60. The number of esters is 1. The van der Waals surface area contributed by atoms with E-state index in [1.807, 2.05) is 0 Å². The molecule has 2 aromatic rings. The first-order valence-corrected chi connectivity index (χ1v) is 8.95. The standard InChI is InChI=1S/C21H19FN2O5/c1-12-7-8-15(10-17(12)22)23-20(27)13(2)29-19(26)11-24-18(25)9-14-5-3-4-6-16(14)21(24)28/h3-8,10,13H,9,11H2,1-2H3,(H,23,27)/t13-/m0/s1.